The molecule has 0 spiro atoms. The second kappa shape index (κ2) is 7.33. The fraction of sp³-hybridized carbons (Fsp3) is 0.133. The number of nitrogens with zero attached hydrogens (tertiary/aromatic N) is 2. The molecule has 0 unspecified atom stereocenters. The number of carbonyl (C=O) groups is 1. The number of oxime groups is 1. The van der Waals surface area contributed by atoms with Crippen molar-refractivity contribution in [1.82, 2.24) is 0 Å². The molecule has 24 heavy (non-hydrogen) atoms. The molecular weight excluding hydrogens is 352 g/mol. The molecule has 1 heterocycles. The summed E-state index contributed by atoms with van der Waals surface area (Å²) in [5, 5.41) is 13.3. The van der Waals surface area contributed by atoms with E-state index in [1.54, 1.807) is 30.3 Å². The van der Waals surface area contributed by atoms with E-state index in [0.29, 0.717) is 10.5 Å². The standard InChI is InChI=1S/C15H12N2O5S2/c1-21-15(18)11-6-4-3-5-10(11)12(9-16)13-7-8-14(23-13)17-22-24(2,19)20/h3-8H,1-2H3. The van der Waals surface area contributed by atoms with Crippen LogP contribution in [-0.4, -0.2) is 32.8 Å². The van der Waals surface area contributed by atoms with E-state index in [1.807, 2.05) is 0 Å². The van der Waals surface area contributed by atoms with Crippen LogP contribution in [0.3, 0.4) is 0 Å². The monoisotopic (exact) mass is 364 g/mol. The number of ether oxygens (including phenoxy) is 1. The van der Waals surface area contributed by atoms with Crippen LogP contribution in [-0.2, 0) is 19.1 Å². The Morgan fingerprint density at radius 2 is 1.92 bits per heavy atom. The molecule has 0 aliphatic carbocycles. The van der Waals surface area contributed by atoms with Gasteiger partial charge in [0.05, 0.1) is 24.5 Å². The van der Waals surface area contributed by atoms with E-state index < -0.39 is 16.1 Å². The smallest absolute Gasteiger partial charge is 0.338 e. The van der Waals surface area contributed by atoms with Gasteiger partial charge in [0.1, 0.15) is 11.1 Å². The van der Waals surface area contributed by atoms with Crippen LogP contribution in [0.2, 0.25) is 0 Å². The Morgan fingerprint density at radius 3 is 2.50 bits per heavy atom. The number of nitriles is 1. The lowest BCUT2D eigenvalue weighted by atomic mass is 10.00. The van der Waals surface area contributed by atoms with Gasteiger partial charge in [-0.1, -0.05) is 35.1 Å². The maximum absolute atomic E-state index is 11.9. The molecule has 0 atom stereocenters. The van der Waals surface area contributed by atoms with Gasteiger partial charge in [-0.05, 0) is 18.2 Å². The Kier molecular flexibility index (Phi) is 5.43. The number of hydrogen-bond donors (Lipinski definition) is 0. The molecule has 9 heteroatoms. The third-order valence-electron chi connectivity index (χ3n) is 2.81. The molecule has 124 valence electrons. The Hall–Kier alpha value is -2.57. The molecule has 0 radical (unpaired) electrons. The fourth-order valence-electron chi connectivity index (χ4n) is 1.85. The van der Waals surface area contributed by atoms with Gasteiger partial charge in [-0.15, -0.1) is 0 Å². The molecular formula is C15H12N2O5S2. The zero-order chi connectivity index (χ0) is 17.7. The summed E-state index contributed by atoms with van der Waals surface area (Å²) in [6.07, 6.45) is 4.00. The Labute approximate surface area is 143 Å². The van der Waals surface area contributed by atoms with Crippen LogP contribution >= 0.6 is 11.8 Å². The van der Waals surface area contributed by atoms with Gasteiger partial charge < -0.3 is 4.74 Å². The molecule has 0 N–H and O–H groups in total. The molecule has 1 aliphatic heterocycles. The van der Waals surface area contributed by atoms with Crippen LogP contribution in [0.4, 0.5) is 0 Å². The second-order valence-electron chi connectivity index (χ2n) is 4.53. The van der Waals surface area contributed by atoms with Crippen LogP contribution in [0.15, 0.2) is 46.5 Å². The predicted molar refractivity (Wildman–Crippen MR) is 90.4 cm³/mol. The zero-order valence-corrected chi connectivity index (χ0v) is 14.3. The van der Waals surface area contributed by atoms with E-state index in [2.05, 4.69) is 15.5 Å². The number of carbonyl (C=O) groups excluding carboxylic acids is 1. The van der Waals surface area contributed by atoms with E-state index >= 15 is 0 Å². The van der Waals surface area contributed by atoms with Crippen molar-refractivity contribution < 1.29 is 22.2 Å². The average molecular weight is 364 g/mol. The number of rotatable bonds is 4. The summed E-state index contributed by atoms with van der Waals surface area (Å²) in [5.41, 5.74) is 0.932. The topological polar surface area (TPSA) is 106 Å². The summed E-state index contributed by atoms with van der Waals surface area (Å²) in [7, 11) is -2.45. The highest BCUT2D eigenvalue weighted by atomic mass is 32.2. The van der Waals surface area contributed by atoms with Gasteiger partial charge in [-0.2, -0.15) is 13.7 Å². The third kappa shape index (κ3) is 4.24. The quantitative estimate of drug-likeness (QED) is 0.458. The molecule has 2 rings (SSSR count). The number of benzene rings is 1. The van der Waals surface area contributed by atoms with E-state index in [0.717, 1.165) is 18.0 Å². The Balaban J connectivity index is 2.41. The van der Waals surface area contributed by atoms with Crippen molar-refractivity contribution >= 4 is 38.5 Å². The van der Waals surface area contributed by atoms with Gasteiger partial charge in [0.15, 0.2) is 0 Å². The van der Waals surface area contributed by atoms with Crippen LogP contribution in [0, 0.1) is 11.3 Å². The lowest BCUT2D eigenvalue weighted by Gasteiger charge is -2.08. The normalized spacial score (nSPS) is 17.5. The maximum atomic E-state index is 11.9. The first-order valence-corrected chi connectivity index (χ1v) is 9.13. The van der Waals surface area contributed by atoms with Crippen molar-refractivity contribution in [2.24, 2.45) is 5.16 Å². The highest BCUT2D eigenvalue weighted by molar-refractivity contribution is 8.18. The van der Waals surface area contributed by atoms with Crippen molar-refractivity contribution in [3.05, 3.63) is 52.4 Å². The van der Waals surface area contributed by atoms with Crippen LogP contribution in [0.5, 0.6) is 0 Å². The average Bonchev–Trinajstić information content (AvgIpc) is 3.01. The molecule has 0 amide bonds. The van der Waals surface area contributed by atoms with Crippen molar-refractivity contribution in [3.63, 3.8) is 0 Å². The molecule has 0 saturated carbocycles. The van der Waals surface area contributed by atoms with Crippen molar-refractivity contribution in [1.29, 1.82) is 5.26 Å². The summed E-state index contributed by atoms with van der Waals surface area (Å²) < 4.78 is 31.0. The summed E-state index contributed by atoms with van der Waals surface area (Å²) in [5.74, 6) is -0.555. The minimum atomic E-state index is -3.71. The van der Waals surface area contributed by atoms with E-state index in [1.165, 1.54) is 13.2 Å². The Bertz CT molecular complexity index is 908. The minimum Gasteiger partial charge on any atom is -0.465 e. The van der Waals surface area contributed by atoms with Crippen molar-refractivity contribution in [2.45, 2.75) is 0 Å². The molecule has 0 saturated heterocycles. The molecule has 0 fully saturated rings. The molecule has 1 aliphatic rings. The van der Waals surface area contributed by atoms with E-state index in [4.69, 9.17) is 4.74 Å². The first kappa shape index (κ1) is 17.8. The number of allylic oxidation sites excluding steroid dienone is 2. The van der Waals surface area contributed by atoms with Gasteiger partial charge >= 0.3 is 16.1 Å². The van der Waals surface area contributed by atoms with E-state index in [9.17, 15) is 18.5 Å². The van der Waals surface area contributed by atoms with Gasteiger partial charge in [0.25, 0.3) is 0 Å². The maximum Gasteiger partial charge on any atom is 0.338 e. The SMILES string of the molecule is COC(=O)c1ccccc1C(C#N)=C1C=CC(=NOS(C)(=O)=O)S1. The summed E-state index contributed by atoms with van der Waals surface area (Å²) >= 11 is 1.06. The van der Waals surface area contributed by atoms with Gasteiger partial charge in [-0.3, -0.25) is 4.28 Å². The van der Waals surface area contributed by atoms with E-state index in [-0.39, 0.29) is 16.2 Å². The largest absolute Gasteiger partial charge is 0.465 e. The van der Waals surface area contributed by atoms with Gasteiger partial charge in [0.2, 0.25) is 0 Å². The number of thioether (sulfide) groups is 1. The fourth-order valence-corrected chi connectivity index (χ4v) is 2.95. The first-order valence-electron chi connectivity index (χ1n) is 6.50. The van der Waals surface area contributed by atoms with Crippen LogP contribution < -0.4 is 0 Å². The molecule has 1 aromatic carbocycles. The number of methoxy groups -OCH3 is 1. The van der Waals surface area contributed by atoms with Crippen LogP contribution in [0.25, 0.3) is 5.57 Å². The lowest BCUT2D eigenvalue weighted by molar-refractivity contribution is 0.0600. The van der Waals surface area contributed by atoms with Crippen LogP contribution in [0.1, 0.15) is 15.9 Å². The van der Waals surface area contributed by atoms with Gasteiger partial charge in [0, 0.05) is 10.5 Å². The number of esters is 1. The van der Waals surface area contributed by atoms with Crippen molar-refractivity contribution in [3.8, 4) is 6.07 Å². The first-order chi connectivity index (χ1) is 11.4. The molecule has 0 bridgehead atoms. The Morgan fingerprint density at radius 1 is 1.25 bits per heavy atom. The summed E-state index contributed by atoms with van der Waals surface area (Å²) in [6.45, 7) is 0. The summed E-state index contributed by atoms with van der Waals surface area (Å²) in [6, 6.07) is 8.62. The number of hydrogen-bond acceptors (Lipinski definition) is 8. The summed E-state index contributed by atoms with van der Waals surface area (Å²) in [4.78, 5) is 12.4. The third-order valence-corrected chi connectivity index (χ3v) is 4.14. The van der Waals surface area contributed by atoms with Crippen molar-refractivity contribution in [2.75, 3.05) is 13.4 Å². The molecule has 0 aromatic heterocycles. The molecule has 7 nitrogen and oxygen atoms in total. The molecule has 1 aromatic rings. The zero-order valence-electron chi connectivity index (χ0n) is 12.7. The highest BCUT2D eigenvalue weighted by Gasteiger charge is 2.20. The lowest BCUT2D eigenvalue weighted by Crippen LogP contribution is -2.05. The predicted octanol–water partition coefficient (Wildman–Crippen LogP) is 2.30. The highest BCUT2D eigenvalue weighted by Crippen LogP contribution is 2.35. The van der Waals surface area contributed by atoms with Gasteiger partial charge in [-0.25, -0.2) is 4.79 Å². The minimum absolute atomic E-state index is 0.252. The second-order valence-corrected chi connectivity index (χ2v) is 7.15.